The summed E-state index contributed by atoms with van der Waals surface area (Å²) in [6.45, 7) is 0.212. The second kappa shape index (κ2) is 8.43. The lowest BCUT2D eigenvalue weighted by molar-refractivity contribution is -0.120. The molecular formula is C18H20N2O4S. The van der Waals surface area contributed by atoms with Gasteiger partial charge in [-0.3, -0.25) is 9.59 Å². The summed E-state index contributed by atoms with van der Waals surface area (Å²) in [6.07, 6.45) is 1.47. The number of sulfone groups is 1. The zero-order valence-corrected chi connectivity index (χ0v) is 14.7. The fourth-order valence-electron chi connectivity index (χ4n) is 2.19. The molecule has 132 valence electrons. The van der Waals surface area contributed by atoms with Crippen LogP contribution >= 0.6 is 0 Å². The average Bonchev–Trinajstić information content (AvgIpc) is 2.55. The van der Waals surface area contributed by atoms with Gasteiger partial charge in [0.1, 0.15) is 0 Å². The maximum absolute atomic E-state index is 11.9. The van der Waals surface area contributed by atoms with Gasteiger partial charge >= 0.3 is 0 Å². The second-order valence-corrected chi connectivity index (χ2v) is 7.63. The van der Waals surface area contributed by atoms with Crippen molar-refractivity contribution in [3.8, 4) is 0 Å². The van der Waals surface area contributed by atoms with Crippen molar-refractivity contribution < 1.29 is 18.0 Å². The molecule has 0 atom stereocenters. The first-order chi connectivity index (χ1) is 11.8. The summed E-state index contributed by atoms with van der Waals surface area (Å²) in [7, 11) is -3.33. The van der Waals surface area contributed by atoms with Crippen molar-refractivity contribution in [2.75, 3.05) is 18.1 Å². The Kier molecular flexibility index (Phi) is 6.30. The van der Waals surface area contributed by atoms with Crippen LogP contribution in [0.5, 0.6) is 0 Å². The van der Waals surface area contributed by atoms with Crippen molar-refractivity contribution in [2.24, 2.45) is 0 Å². The molecule has 0 saturated carbocycles. The van der Waals surface area contributed by atoms with Crippen LogP contribution in [0, 0.1) is 0 Å². The topological polar surface area (TPSA) is 92.3 Å². The van der Waals surface area contributed by atoms with Gasteiger partial charge < -0.3 is 10.6 Å². The van der Waals surface area contributed by atoms with Crippen LogP contribution in [0.1, 0.15) is 12.0 Å². The van der Waals surface area contributed by atoms with Crippen LogP contribution in [0.15, 0.2) is 59.5 Å². The lowest BCUT2D eigenvalue weighted by atomic mass is 10.1. The highest BCUT2D eigenvalue weighted by Gasteiger charge is 2.09. The van der Waals surface area contributed by atoms with E-state index in [-0.39, 0.29) is 36.1 Å². The van der Waals surface area contributed by atoms with E-state index >= 15 is 0 Å². The molecule has 0 radical (unpaired) electrons. The maximum Gasteiger partial charge on any atom is 0.226 e. The van der Waals surface area contributed by atoms with Crippen LogP contribution in [0.25, 0.3) is 0 Å². The molecule has 0 aliphatic rings. The molecule has 7 heteroatoms. The van der Waals surface area contributed by atoms with Crippen molar-refractivity contribution in [2.45, 2.75) is 17.7 Å². The first kappa shape index (κ1) is 18.7. The quantitative estimate of drug-likeness (QED) is 0.787. The van der Waals surface area contributed by atoms with E-state index in [2.05, 4.69) is 10.6 Å². The van der Waals surface area contributed by atoms with E-state index in [0.29, 0.717) is 5.69 Å². The zero-order chi connectivity index (χ0) is 18.3. The van der Waals surface area contributed by atoms with Crippen molar-refractivity contribution in [3.63, 3.8) is 0 Å². The number of carbonyl (C=O) groups is 2. The molecule has 0 fully saturated rings. The lowest BCUT2D eigenvalue weighted by Crippen LogP contribution is -2.28. The third-order valence-electron chi connectivity index (χ3n) is 3.43. The second-order valence-electron chi connectivity index (χ2n) is 5.61. The highest BCUT2D eigenvalue weighted by atomic mass is 32.2. The van der Waals surface area contributed by atoms with Crippen LogP contribution in [0.3, 0.4) is 0 Å². The average molecular weight is 360 g/mol. The molecule has 0 unspecified atom stereocenters. The van der Waals surface area contributed by atoms with Gasteiger partial charge in [-0.15, -0.1) is 0 Å². The molecule has 6 nitrogen and oxygen atoms in total. The Balaban J connectivity index is 1.78. The molecule has 0 aromatic heterocycles. The molecule has 0 heterocycles. The van der Waals surface area contributed by atoms with Crippen molar-refractivity contribution in [1.82, 2.24) is 5.32 Å². The van der Waals surface area contributed by atoms with Gasteiger partial charge in [0.05, 0.1) is 11.3 Å². The fraction of sp³-hybridized carbons (Fsp3) is 0.222. The third-order valence-corrected chi connectivity index (χ3v) is 4.54. The largest absolute Gasteiger partial charge is 0.355 e. The highest BCUT2D eigenvalue weighted by molar-refractivity contribution is 7.90. The molecule has 2 N–H and O–H groups in total. The van der Waals surface area contributed by atoms with Crippen LogP contribution < -0.4 is 10.6 Å². The summed E-state index contributed by atoms with van der Waals surface area (Å²) in [5.74, 6) is -0.455. The van der Waals surface area contributed by atoms with Gasteiger partial charge in [0.25, 0.3) is 0 Å². The van der Waals surface area contributed by atoms with E-state index in [9.17, 15) is 18.0 Å². The Labute approximate surface area is 147 Å². The van der Waals surface area contributed by atoms with Crippen LogP contribution in [0.4, 0.5) is 5.69 Å². The van der Waals surface area contributed by atoms with Gasteiger partial charge in [-0.05, 0) is 23.8 Å². The molecule has 2 aromatic rings. The van der Waals surface area contributed by atoms with Gasteiger partial charge in [0, 0.05) is 24.9 Å². The Morgan fingerprint density at radius 1 is 0.960 bits per heavy atom. The minimum atomic E-state index is -3.33. The summed E-state index contributed by atoms with van der Waals surface area (Å²) >= 11 is 0. The maximum atomic E-state index is 11.9. The summed E-state index contributed by atoms with van der Waals surface area (Å²) in [4.78, 5) is 23.8. The van der Waals surface area contributed by atoms with Crippen LogP contribution in [0.2, 0.25) is 0 Å². The van der Waals surface area contributed by atoms with Crippen LogP contribution in [-0.2, 0) is 25.8 Å². The molecule has 0 spiro atoms. The molecule has 0 aliphatic carbocycles. The number of rotatable bonds is 7. The van der Waals surface area contributed by atoms with Gasteiger partial charge in [0.15, 0.2) is 9.84 Å². The molecule has 2 amide bonds. The predicted octanol–water partition coefficient (Wildman–Crippen LogP) is 1.78. The Bertz CT molecular complexity index is 848. The monoisotopic (exact) mass is 360 g/mol. The third kappa shape index (κ3) is 6.39. The zero-order valence-electron chi connectivity index (χ0n) is 13.9. The van der Waals surface area contributed by atoms with Crippen molar-refractivity contribution >= 4 is 27.3 Å². The standard InChI is InChI=1S/C18H20N2O4S/c1-25(23,24)16-9-5-8-15(13-16)20-17(21)10-11-19-18(22)12-14-6-3-2-4-7-14/h2-9,13H,10-12H2,1H3,(H,19,22)(H,20,21). The number of hydrogen-bond donors (Lipinski definition) is 2. The minimum Gasteiger partial charge on any atom is -0.355 e. The molecule has 2 rings (SSSR count). The van der Waals surface area contributed by atoms with E-state index in [4.69, 9.17) is 0 Å². The van der Waals surface area contributed by atoms with E-state index in [0.717, 1.165) is 11.8 Å². The smallest absolute Gasteiger partial charge is 0.226 e. The Morgan fingerprint density at radius 2 is 1.68 bits per heavy atom. The number of benzene rings is 2. The number of amides is 2. The van der Waals surface area contributed by atoms with Crippen LogP contribution in [-0.4, -0.2) is 33.0 Å². The van der Waals surface area contributed by atoms with Gasteiger partial charge in [0.2, 0.25) is 11.8 Å². The summed E-state index contributed by atoms with van der Waals surface area (Å²) in [6, 6.07) is 15.4. The minimum absolute atomic E-state index is 0.101. The normalized spacial score (nSPS) is 10.9. The molecule has 0 bridgehead atoms. The molecule has 2 aromatic carbocycles. The van der Waals surface area contributed by atoms with Crippen molar-refractivity contribution in [3.05, 3.63) is 60.2 Å². The Morgan fingerprint density at radius 3 is 2.36 bits per heavy atom. The SMILES string of the molecule is CS(=O)(=O)c1cccc(NC(=O)CCNC(=O)Cc2ccccc2)c1. The van der Waals surface area contributed by atoms with Gasteiger partial charge in [-0.25, -0.2) is 8.42 Å². The number of hydrogen-bond acceptors (Lipinski definition) is 4. The van der Waals surface area contributed by atoms with Gasteiger partial charge in [-0.2, -0.15) is 0 Å². The predicted molar refractivity (Wildman–Crippen MR) is 96.0 cm³/mol. The molecule has 0 saturated heterocycles. The number of carbonyl (C=O) groups excluding carboxylic acids is 2. The van der Waals surface area contributed by atoms with E-state index in [1.165, 1.54) is 12.1 Å². The molecular weight excluding hydrogens is 340 g/mol. The summed E-state index contributed by atoms with van der Waals surface area (Å²) < 4.78 is 23.0. The van der Waals surface area contributed by atoms with E-state index < -0.39 is 9.84 Å². The molecule has 25 heavy (non-hydrogen) atoms. The first-order valence-electron chi connectivity index (χ1n) is 7.75. The summed E-state index contributed by atoms with van der Waals surface area (Å²) in [5.41, 5.74) is 1.31. The van der Waals surface area contributed by atoms with E-state index in [1.54, 1.807) is 12.1 Å². The number of anilines is 1. The summed E-state index contributed by atoms with van der Waals surface area (Å²) in [5, 5.41) is 5.31. The van der Waals surface area contributed by atoms with Gasteiger partial charge in [-0.1, -0.05) is 36.4 Å². The Hall–Kier alpha value is -2.67. The first-order valence-corrected chi connectivity index (χ1v) is 9.64. The number of nitrogens with one attached hydrogen (secondary N) is 2. The van der Waals surface area contributed by atoms with Crippen molar-refractivity contribution in [1.29, 1.82) is 0 Å². The molecule has 0 aliphatic heterocycles. The van der Waals surface area contributed by atoms with E-state index in [1.807, 2.05) is 30.3 Å². The fourth-order valence-corrected chi connectivity index (χ4v) is 2.85. The highest BCUT2D eigenvalue weighted by Crippen LogP contribution is 2.15. The lowest BCUT2D eigenvalue weighted by Gasteiger charge is -2.08.